The van der Waals surface area contributed by atoms with E-state index in [0.717, 1.165) is 12.8 Å². The lowest BCUT2D eigenvalue weighted by molar-refractivity contribution is -0.130. The van der Waals surface area contributed by atoms with E-state index in [-0.39, 0.29) is 17.5 Å². The van der Waals surface area contributed by atoms with Gasteiger partial charge >= 0.3 is 5.97 Å². The Bertz CT molecular complexity index is 679. The highest BCUT2D eigenvalue weighted by atomic mass is 16.5. The number of rotatable bonds is 7. The summed E-state index contributed by atoms with van der Waals surface area (Å²) in [4.78, 5) is 25.1. The lowest BCUT2D eigenvalue weighted by Crippen LogP contribution is -2.47. The number of amides is 1. The van der Waals surface area contributed by atoms with Crippen LogP contribution in [-0.4, -0.2) is 45.4 Å². The van der Waals surface area contributed by atoms with Crippen molar-refractivity contribution in [3.05, 3.63) is 17.7 Å². The molecule has 1 amide bonds. The first kappa shape index (κ1) is 21.9. The SMILES string of the molecule is COc1cc(C(=O)O[C@H](C)C(=O)N[C@@H]2CCC[C@H](C)[C@H]2C)cc(OC)c1OC. The van der Waals surface area contributed by atoms with Gasteiger partial charge in [0, 0.05) is 6.04 Å². The predicted molar refractivity (Wildman–Crippen MR) is 105 cm³/mol. The summed E-state index contributed by atoms with van der Waals surface area (Å²) in [6, 6.07) is 3.11. The zero-order chi connectivity index (χ0) is 20.8. The molecule has 0 aliphatic heterocycles. The normalized spacial score (nSPS) is 22.7. The molecular weight excluding hydrogens is 362 g/mol. The van der Waals surface area contributed by atoms with E-state index in [0.29, 0.717) is 29.1 Å². The summed E-state index contributed by atoms with van der Waals surface area (Å²) in [5, 5.41) is 3.03. The van der Waals surface area contributed by atoms with Crippen molar-refractivity contribution in [2.24, 2.45) is 11.8 Å². The van der Waals surface area contributed by atoms with Gasteiger partial charge in [0.25, 0.3) is 5.91 Å². The molecule has 0 spiro atoms. The molecule has 1 aromatic rings. The Kier molecular flexibility index (Phi) is 7.54. The number of hydrogen-bond acceptors (Lipinski definition) is 6. The predicted octanol–water partition coefficient (Wildman–Crippen LogP) is 3.20. The van der Waals surface area contributed by atoms with E-state index in [1.165, 1.54) is 39.9 Å². The van der Waals surface area contributed by atoms with Crippen molar-refractivity contribution in [1.82, 2.24) is 5.32 Å². The topological polar surface area (TPSA) is 83.1 Å². The van der Waals surface area contributed by atoms with Crippen LogP contribution in [0.25, 0.3) is 0 Å². The summed E-state index contributed by atoms with van der Waals surface area (Å²) >= 11 is 0. The van der Waals surface area contributed by atoms with E-state index in [9.17, 15) is 9.59 Å². The van der Waals surface area contributed by atoms with Gasteiger partial charge in [-0.25, -0.2) is 4.79 Å². The molecule has 7 nitrogen and oxygen atoms in total. The van der Waals surface area contributed by atoms with Crippen molar-refractivity contribution < 1.29 is 28.5 Å². The first-order valence-electron chi connectivity index (χ1n) is 9.63. The smallest absolute Gasteiger partial charge is 0.339 e. The van der Waals surface area contributed by atoms with Crippen LogP contribution in [-0.2, 0) is 9.53 Å². The molecule has 0 unspecified atom stereocenters. The van der Waals surface area contributed by atoms with Crippen molar-refractivity contribution in [3.63, 3.8) is 0 Å². The Balaban J connectivity index is 2.06. The molecule has 0 bridgehead atoms. The number of carbonyl (C=O) groups excluding carboxylic acids is 2. The molecule has 1 N–H and O–H groups in total. The summed E-state index contributed by atoms with van der Waals surface area (Å²) in [5.74, 6) is 1.12. The fourth-order valence-corrected chi connectivity index (χ4v) is 3.57. The number of hydrogen-bond donors (Lipinski definition) is 1. The van der Waals surface area contributed by atoms with Gasteiger partial charge in [-0.05, 0) is 37.3 Å². The molecule has 1 saturated carbocycles. The zero-order valence-corrected chi connectivity index (χ0v) is 17.5. The molecule has 1 fully saturated rings. The van der Waals surface area contributed by atoms with Gasteiger partial charge in [-0.2, -0.15) is 0 Å². The fraction of sp³-hybridized carbons (Fsp3) is 0.619. The van der Waals surface area contributed by atoms with Gasteiger partial charge in [-0.1, -0.05) is 26.7 Å². The summed E-state index contributed by atoms with van der Waals surface area (Å²) < 4.78 is 21.1. The van der Waals surface area contributed by atoms with Crippen LogP contribution in [0.15, 0.2) is 12.1 Å². The van der Waals surface area contributed by atoms with Gasteiger partial charge in [0.1, 0.15) is 0 Å². The van der Waals surface area contributed by atoms with Crippen LogP contribution < -0.4 is 19.5 Å². The molecule has 0 radical (unpaired) electrons. The van der Waals surface area contributed by atoms with Crippen LogP contribution in [0.3, 0.4) is 0 Å². The Morgan fingerprint density at radius 1 is 1.04 bits per heavy atom. The Morgan fingerprint density at radius 2 is 1.64 bits per heavy atom. The average molecular weight is 393 g/mol. The maximum absolute atomic E-state index is 12.5. The Hall–Kier alpha value is -2.44. The highest BCUT2D eigenvalue weighted by Crippen LogP contribution is 2.38. The average Bonchev–Trinajstić information content (AvgIpc) is 2.69. The van der Waals surface area contributed by atoms with Crippen molar-refractivity contribution in [3.8, 4) is 17.2 Å². The standard InChI is InChI=1S/C21H31NO6/c1-12-8-7-9-16(13(12)2)22-20(23)14(3)28-21(24)15-10-17(25-4)19(27-6)18(11-15)26-5/h10-14,16H,7-9H2,1-6H3,(H,22,23)/t12-,13+,14+,16+/m0/s1. The Labute approximate surface area is 166 Å². The summed E-state index contributed by atoms with van der Waals surface area (Å²) in [5.41, 5.74) is 0.216. The summed E-state index contributed by atoms with van der Waals surface area (Å²) in [6.45, 7) is 5.93. The van der Waals surface area contributed by atoms with Gasteiger partial charge in [0.15, 0.2) is 17.6 Å². The number of methoxy groups -OCH3 is 3. The highest BCUT2D eigenvalue weighted by Gasteiger charge is 2.30. The molecule has 1 aromatic carbocycles. The minimum absolute atomic E-state index is 0.110. The van der Waals surface area contributed by atoms with E-state index in [2.05, 4.69) is 19.2 Å². The number of carbonyl (C=O) groups is 2. The van der Waals surface area contributed by atoms with E-state index in [1.807, 2.05) is 0 Å². The molecule has 156 valence electrons. The van der Waals surface area contributed by atoms with Crippen LogP contribution in [0.4, 0.5) is 0 Å². The first-order chi connectivity index (χ1) is 13.3. The number of esters is 1. The summed E-state index contributed by atoms with van der Waals surface area (Å²) in [6.07, 6.45) is 2.32. The van der Waals surface area contributed by atoms with E-state index < -0.39 is 12.1 Å². The van der Waals surface area contributed by atoms with Gasteiger partial charge < -0.3 is 24.3 Å². The minimum Gasteiger partial charge on any atom is -0.493 e. The number of nitrogens with one attached hydrogen (secondary N) is 1. The van der Waals surface area contributed by atoms with Gasteiger partial charge in [-0.3, -0.25) is 4.79 Å². The van der Waals surface area contributed by atoms with Crippen LogP contribution in [0.5, 0.6) is 17.2 Å². The van der Waals surface area contributed by atoms with Gasteiger partial charge in [0.2, 0.25) is 5.75 Å². The molecule has 0 saturated heterocycles. The zero-order valence-electron chi connectivity index (χ0n) is 17.5. The van der Waals surface area contributed by atoms with Crippen LogP contribution >= 0.6 is 0 Å². The third kappa shape index (κ3) is 4.88. The molecule has 0 aromatic heterocycles. The van der Waals surface area contributed by atoms with Crippen LogP contribution in [0, 0.1) is 11.8 Å². The lowest BCUT2D eigenvalue weighted by Gasteiger charge is -2.35. The van der Waals surface area contributed by atoms with Gasteiger partial charge in [-0.15, -0.1) is 0 Å². The quantitative estimate of drug-likeness (QED) is 0.717. The minimum atomic E-state index is -0.906. The lowest BCUT2D eigenvalue weighted by atomic mass is 9.78. The molecule has 1 aliphatic carbocycles. The molecule has 28 heavy (non-hydrogen) atoms. The van der Waals surface area contributed by atoms with Crippen molar-refractivity contribution in [1.29, 1.82) is 0 Å². The van der Waals surface area contributed by atoms with Crippen molar-refractivity contribution >= 4 is 11.9 Å². The van der Waals surface area contributed by atoms with E-state index >= 15 is 0 Å². The maximum atomic E-state index is 12.5. The summed E-state index contributed by atoms with van der Waals surface area (Å²) in [7, 11) is 4.42. The van der Waals surface area contributed by atoms with Crippen molar-refractivity contribution in [2.45, 2.75) is 52.2 Å². The number of ether oxygens (including phenoxy) is 4. The van der Waals surface area contributed by atoms with E-state index in [1.54, 1.807) is 6.92 Å². The number of benzene rings is 1. The molecule has 4 atom stereocenters. The third-order valence-corrected chi connectivity index (χ3v) is 5.59. The maximum Gasteiger partial charge on any atom is 0.339 e. The highest BCUT2D eigenvalue weighted by molar-refractivity contribution is 5.93. The second-order valence-electron chi connectivity index (χ2n) is 7.34. The van der Waals surface area contributed by atoms with Gasteiger partial charge in [0.05, 0.1) is 26.9 Å². The molecule has 7 heteroatoms. The fourth-order valence-electron chi connectivity index (χ4n) is 3.57. The molecule has 2 rings (SSSR count). The first-order valence-corrected chi connectivity index (χ1v) is 9.63. The second kappa shape index (κ2) is 9.66. The third-order valence-electron chi connectivity index (χ3n) is 5.59. The monoisotopic (exact) mass is 393 g/mol. The second-order valence-corrected chi connectivity index (χ2v) is 7.34. The molecule has 0 heterocycles. The molecule has 1 aliphatic rings. The van der Waals surface area contributed by atoms with E-state index in [4.69, 9.17) is 18.9 Å². The van der Waals surface area contributed by atoms with Crippen LogP contribution in [0.1, 0.15) is 50.4 Å². The largest absolute Gasteiger partial charge is 0.493 e. The van der Waals surface area contributed by atoms with Crippen LogP contribution in [0.2, 0.25) is 0 Å². The van der Waals surface area contributed by atoms with Crippen molar-refractivity contribution in [2.75, 3.05) is 21.3 Å². The molecular formula is C21H31NO6. The Morgan fingerprint density at radius 3 is 2.18 bits per heavy atom.